The van der Waals surface area contributed by atoms with Crippen LogP contribution in [0.15, 0.2) is 24.3 Å². The Morgan fingerprint density at radius 1 is 1.00 bits per heavy atom. The molecule has 0 aliphatic heterocycles. The highest BCUT2D eigenvalue weighted by molar-refractivity contribution is 5.94. The first-order valence-electron chi connectivity index (χ1n) is 14.8. The van der Waals surface area contributed by atoms with Gasteiger partial charge >= 0.3 is 0 Å². The highest BCUT2D eigenvalue weighted by Crippen LogP contribution is 2.13. The van der Waals surface area contributed by atoms with Gasteiger partial charge in [-0.15, -0.1) is 0 Å². The van der Waals surface area contributed by atoms with Crippen molar-refractivity contribution < 1.29 is 42.9 Å². The summed E-state index contributed by atoms with van der Waals surface area (Å²) in [5, 5.41) is 13.0. The second-order valence-electron chi connectivity index (χ2n) is 10.7. The number of carbonyl (C=O) groups excluding carboxylic acids is 5. The van der Waals surface area contributed by atoms with Gasteiger partial charge in [0.25, 0.3) is 5.91 Å². The van der Waals surface area contributed by atoms with E-state index in [-0.39, 0.29) is 68.7 Å². The lowest BCUT2D eigenvalue weighted by atomic mass is 10.1. The molecule has 2 unspecified atom stereocenters. The number of likely N-dealkylation sites (N-methyl/N-ethyl adjacent to an activating group) is 1. The summed E-state index contributed by atoms with van der Waals surface area (Å²) in [6, 6.07) is 5.80. The Kier molecular flexibility index (Phi) is 22.5. The summed E-state index contributed by atoms with van der Waals surface area (Å²) in [6.07, 6.45) is 1.47. The van der Waals surface area contributed by atoms with Crippen LogP contribution in [-0.2, 0) is 33.4 Å². The smallest absolute Gasteiger partial charge is 0.251 e. The molecule has 1 aromatic carbocycles. The van der Waals surface area contributed by atoms with Crippen LogP contribution < -0.4 is 37.1 Å². The van der Waals surface area contributed by atoms with Crippen LogP contribution in [0.4, 0.5) is 0 Å². The van der Waals surface area contributed by atoms with E-state index < -0.39 is 12.3 Å². The molecule has 0 heterocycles. The predicted octanol–water partition coefficient (Wildman–Crippen LogP) is -0.172. The van der Waals surface area contributed by atoms with E-state index in [0.29, 0.717) is 43.5 Å². The molecule has 45 heavy (non-hydrogen) atoms. The van der Waals surface area contributed by atoms with Gasteiger partial charge in [0.05, 0.1) is 18.8 Å². The van der Waals surface area contributed by atoms with Crippen molar-refractivity contribution in [2.45, 2.75) is 64.8 Å². The summed E-state index contributed by atoms with van der Waals surface area (Å²) in [6.45, 7) is 8.70. The molecule has 0 fully saturated rings. The van der Waals surface area contributed by atoms with Crippen LogP contribution in [0.1, 0.15) is 57.3 Å². The number of ether oxygens (including phenoxy) is 4. The fraction of sp³-hybridized carbons (Fsp3) is 0.633. The van der Waals surface area contributed by atoms with E-state index in [0.717, 1.165) is 0 Å². The van der Waals surface area contributed by atoms with Gasteiger partial charge in [0.1, 0.15) is 31.2 Å². The van der Waals surface area contributed by atoms with E-state index in [4.69, 9.17) is 24.7 Å². The summed E-state index contributed by atoms with van der Waals surface area (Å²) >= 11 is 0. The van der Waals surface area contributed by atoms with Crippen molar-refractivity contribution in [2.75, 3.05) is 60.2 Å². The summed E-state index contributed by atoms with van der Waals surface area (Å²) < 4.78 is 21.0. The molecule has 1 rings (SSSR count). The third-order valence-electron chi connectivity index (χ3n) is 5.78. The average molecular weight is 641 g/mol. The Bertz CT molecular complexity index is 1020. The van der Waals surface area contributed by atoms with Crippen LogP contribution in [0.5, 0.6) is 5.75 Å². The van der Waals surface area contributed by atoms with Crippen molar-refractivity contribution in [1.29, 1.82) is 0 Å². The molecule has 7 N–H and O–H groups in total. The van der Waals surface area contributed by atoms with Crippen molar-refractivity contribution in [3.63, 3.8) is 0 Å². The van der Waals surface area contributed by atoms with Crippen molar-refractivity contribution >= 4 is 30.0 Å². The first kappa shape index (κ1) is 41.2. The number of nitrogens with one attached hydrogen (secondary N) is 5. The van der Waals surface area contributed by atoms with E-state index in [1.807, 2.05) is 20.8 Å². The monoisotopic (exact) mass is 640 g/mol. The van der Waals surface area contributed by atoms with Crippen molar-refractivity contribution in [2.24, 2.45) is 5.73 Å². The van der Waals surface area contributed by atoms with Gasteiger partial charge in [-0.2, -0.15) is 0 Å². The number of nitrogens with two attached hydrogens (primary N) is 1. The zero-order chi connectivity index (χ0) is 34.1. The van der Waals surface area contributed by atoms with Gasteiger partial charge in [0, 0.05) is 46.3 Å². The van der Waals surface area contributed by atoms with Gasteiger partial charge in [-0.05, 0) is 58.2 Å². The summed E-state index contributed by atoms with van der Waals surface area (Å²) in [5.41, 5.74) is 6.25. The maximum absolute atomic E-state index is 12.5. The molecular formula is C30H52N6O9. The van der Waals surface area contributed by atoms with E-state index in [2.05, 4.69) is 26.6 Å². The fourth-order valence-electron chi connectivity index (χ4n) is 3.15. The van der Waals surface area contributed by atoms with Crippen molar-refractivity contribution in [1.82, 2.24) is 26.6 Å². The number of methoxy groups -OCH3 is 1. The Morgan fingerprint density at radius 2 is 1.69 bits per heavy atom. The Balaban J connectivity index is 0.00000292. The molecule has 15 nitrogen and oxygen atoms in total. The number of rotatable bonds is 21. The largest absolute Gasteiger partial charge is 0.489 e. The van der Waals surface area contributed by atoms with Crippen LogP contribution in [0.3, 0.4) is 0 Å². The molecule has 0 saturated carbocycles. The highest BCUT2D eigenvalue weighted by atomic mass is 16.6. The van der Waals surface area contributed by atoms with Crippen LogP contribution >= 0.6 is 0 Å². The van der Waals surface area contributed by atoms with Gasteiger partial charge in [-0.1, -0.05) is 6.07 Å². The maximum Gasteiger partial charge on any atom is 0.251 e. The number of unbranched alkanes of at least 4 members (excludes halogenated alkanes) is 1. The van der Waals surface area contributed by atoms with Gasteiger partial charge in [-0.25, -0.2) is 0 Å². The lowest BCUT2D eigenvalue weighted by Gasteiger charge is -2.16. The minimum absolute atomic E-state index is 0.0375. The molecule has 1 aromatic rings. The van der Waals surface area contributed by atoms with Crippen molar-refractivity contribution in [3.8, 4) is 5.75 Å². The number of hydrogen-bond acceptors (Lipinski definition) is 10. The lowest BCUT2D eigenvalue weighted by Crippen LogP contribution is -2.45. The molecule has 0 saturated heterocycles. The van der Waals surface area contributed by atoms with Crippen molar-refractivity contribution in [3.05, 3.63) is 29.8 Å². The summed E-state index contributed by atoms with van der Waals surface area (Å²) in [7, 11) is 3.22. The fourth-order valence-corrected chi connectivity index (χ4v) is 3.15. The molecule has 0 aliphatic carbocycles. The molecule has 0 spiro atoms. The Hall–Kier alpha value is -3.79. The topological polar surface area (TPSA) is 208 Å². The maximum atomic E-state index is 12.5. The van der Waals surface area contributed by atoms with Gasteiger partial charge < -0.3 is 51.3 Å². The Morgan fingerprint density at radius 3 is 2.31 bits per heavy atom. The first-order chi connectivity index (χ1) is 21.3. The van der Waals surface area contributed by atoms with E-state index in [1.54, 1.807) is 31.4 Å². The third kappa shape index (κ3) is 23.3. The second kappa shape index (κ2) is 24.5. The number of amides is 5. The zero-order valence-corrected chi connectivity index (χ0v) is 27.4. The molecule has 15 heteroatoms. The SMILES string of the molecule is CNC(=O)COCCOC(N)COc1cccc(C(=O)NCCNC(=O)C(CCCCNC(C)=O)NC=O)c1.COC(C)(C)C. The van der Waals surface area contributed by atoms with Gasteiger partial charge in [-0.3, -0.25) is 24.0 Å². The molecular weight excluding hydrogens is 588 g/mol. The highest BCUT2D eigenvalue weighted by Gasteiger charge is 2.17. The first-order valence-corrected chi connectivity index (χ1v) is 14.8. The van der Waals surface area contributed by atoms with Crippen LogP contribution in [0.2, 0.25) is 0 Å². The molecule has 0 aromatic heterocycles. The molecule has 2 atom stereocenters. The lowest BCUT2D eigenvalue weighted by molar-refractivity contribution is -0.126. The third-order valence-corrected chi connectivity index (χ3v) is 5.78. The standard InChI is InChI=1S/C25H40N6O8.C5H12O/c1-18(33)28-9-4-3-8-21(31-17-32)25(36)30-11-10-29-24(35)19-6-5-7-20(14-19)39-15-22(26)38-13-12-37-16-23(34)27-2;1-5(2,3)6-4/h5-7,14,17,21-22H,3-4,8-13,15-16,26H2,1-2H3,(H,27,34)(H,28,33)(H,29,35)(H,30,36)(H,31,32);1-4H3. The van der Waals surface area contributed by atoms with Gasteiger partial charge in [0.2, 0.25) is 24.1 Å². The van der Waals surface area contributed by atoms with E-state index >= 15 is 0 Å². The Labute approximate surface area is 266 Å². The van der Waals surface area contributed by atoms with E-state index in [9.17, 15) is 24.0 Å². The average Bonchev–Trinajstić information content (AvgIpc) is 3.00. The zero-order valence-electron chi connectivity index (χ0n) is 27.4. The molecule has 0 aliphatic rings. The minimum atomic E-state index is -0.732. The molecule has 5 amide bonds. The normalized spacial score (nSPS) is 12.0. The summed E-state index contributed by atoms with van der Waals surface area (Å²) in [4.78, 5) is 57.6. The minimum Gasteiger partial charge on any atom is -0.489 e. The predicted molar refractivity (Wildman–Crippen MR) is 168 cm³/mol. The van der Waals surface area contributed by atoms with E-state index in [1.165, 1.54) is 14.0 Å². The molecule has 0 radical (unpaired) electrons. The summed E-state index contributed by atoms with van der Waals surface area (Å²) in [5.74, 6) is -0.650. The number of carbonyl (C=O) groups is 5. The molecule has 256 valence electrons. The van der Waals surface area contributed by atoms with Crippen LogP contribution in [-0.4, -0.2) is 108 Å². The van der Waals surface area contributed by atoms with Gasteiger partial charge in [0.15, 0.2) is 0 Å². The number of benzene rings is 1. The quantitative estimate of drug-likeness (QED) is 0.0594. The molecule has 0 bridgehead atoms. The van der Waals surface area contributed by atoms with Crippen LogP contribution in [0, 0.1) is 0 Å². The second-order valence-corrected chi connectivity index (χ2v) is 10.7. The van der Waals surface area contributed by atoms with Crippen LogP contribution in [0.25, 0.3) is 0 Å². The number of hydrogen-bond donors (Lipinski definition) is 6.